The van der Waals surface area contributed by atoms with Crippen LogP contribution < -0.4 is 0 Å². The van der Waals surface area contributed by atoms with Crippen molar-refractivity contribution in [1.82, 2.24) is 0 Å². The van der Waals surface area contributed by atoms with Gasteiger partial charge in [-0.05, 0) is 19.1 Å². The second kappa shape index (κ2) is 4.72. The minimum atomic E-state index is -0.756. The first-order chi connectivity index (χ1) is 6.58. The smallest absolute Gasteiger partial charge is 0.331 e. The lowest BCUT2D eigenvalue weighted by atomic mass is 10.1. The third kappa shape index (κ3) is 3.53. The van der Waals surface area contributed by atoms with Crippen LogP contribution in [0, 0.1) is 0 Å². The highest BCUT2D eigenvalue weighted by Crippen LogP contribution is 2.06. The van der Waals surface area contributed by atoms with Gasteiger partial charge >= 0.3 is 5.97 Å². The van der Waals surface area contributed by atoms with Crippen molar-refractivity contribution in [3.8, 4) is 0 Å². The first-order valence-corrected chi connectivity index (χ1v) is 4.37. The number of cyclic esters (lactones) is 1. The number of allylic oxidation sites excluding steroid dienone is 2. The number of hydrogen-bond acceptors (Lipinski definition) is 4. The van der Waals surface area contributed by atoms with E-state index < -0.39 is 12.1 Å². The molecule has 2 atom stereocenters. The van der Waals surface area contributed by atoms with Crippen LogP contribution in [0.1, 0.15) is 13.3 Å². The topological polar surface area (TPSA) is 63.6 Å². The van der Waals surface area contributed by atoms with Gasteiger partial charge in [0.25, 0.3) is 0 Å². The zero-order valence-electron chi connectivity index (χ0n) is 7.84. The molecule has 0 aromatic carbocycles. The molecule has 14 heavy (non-hydrogen) atoms. The van der Waals surface area contributed by atoms with E-state index in [-0.39, 0.29) is 11.9 Å². The molecule has 76 valence electrons. The molecule has 0 fully saturated rings. The van der Waals surface area contributed by atoms with Gasteiger partial charge in [0.15, 0.2) is 5.78 Å². The molecular formula is C10H12O4. The van der Waals surface area contributed by atoms with Crippen LogP contribution in [0.5, 0.6) is 0 Å². The van der Waals surface area contributed by atoms with Gasteiger partial charge in [0, 0.05) is 12.5 Å². The molecule has 0 saturated heterocycles. The van der Waals surface area contributed by atoms with E-state index in [0.29, 0.717) is 6.42 Å². The Kier molecular flexibility index (Phi) is 3.59. The van der Waals surface area contributed by atoms with Crippen molar-refractivity contribution in [3.05, 3.63) is 24.3 Å². The van der Waals surface area contributed by atoms with Crippen molar-refractivity contribution >= 4 is 11.8 Å². The summed E-state index contributed by atoms with van der Waals surface area (Å²) < 4.78 is 4.87. The lowest BCUT2D eigenvalue weighted by molar-refractivity contribution is -0.143. The van der Waals surface area contributed by atoms with E-state index in [1.807, 2.05) is 0 Å². The summed E-state index contributed by atoms with van der Waals surface area (Å²) in [5, 5.41) is 9.35. The molecule has 1 heterocycles. The summed E-state index contributed by atoms with van der Waals surface area (Å²) in [6.45, 7) is 1.69. The molecule has 0 bridgehead atoms. The van der Waals surface area contributed by atoms with Gasteiger partial charge in [0.05, 0.1) is 6.10 Å². The number of aliphatic hydroxyl groups is 1. The summed E-state index contributed by atoms with van der Waals surface area (Å²) >= 11 is 0. The van der Waals surface area contributed by atoms with Gasteiger partial charge in [-0.15, -0.1) is 0 Å². The van der Waals surface area contributed by atoms with Crippen LogP contribution in [-0.4, -0.2) is 29.1 Å². The number of ketones is 1. The maximum absolute atomic E-state index is 11.0. The number of hydrogen-bond donors (Lipinski definition) is 1. The first-order valence-electron chi connectivity index (χ1n) is 4.37. The molecule has 4 nitrogen and oxygen atoms in total. The Balaban J connectivity index is 2.77. The Morgan fingerprint density at radius 1 is 1.36 bits per heavy atom. The summed E-state index contributed by atoms with van der Waals surface area (Å²) in [5.74, 6) is -0.899. The van der Waals surface area contributed by atoms with Gasteiger partial charge in [-0.1, -0.05) is 6.08 Å². The zero-order valence-corrected chi connectivity index (χ0v) is 7.84. The molecule has 1 aliphatic heterocycles. The lowest BCUT2D eigenvalue weighted by Gasteiger charge is -2.14. The molecule has 0 aliphatic carbocycles. The van der Waals surface area contributed by atoms with Crippen LogP contribution in [0.4, 0.5) is 0 Å². The normalized spacial score (nSPS) is 33.3. The molecule has 0 aromatic rings. The third-order valence-corrected chi connectivity index (χ3v) is 1.76. The van der Waals surface area contributed by atoms with Gasteiger partial charge in [-0.2, -0.15) is 0 Å². The summed E-state index contributed by atoms with van der Waals surface area (Å²) in [7, 11) is 0. The summed E-state index contributed by atoms with van der Waals surface area (Å²) in [4.78, 5) is 22.0. The Labute approximate surface area is 81.9 Å². The van der Waals surface area contributed by atoms with Crippen molar-refractivity contribution in [2.45, 2.75) is 25.6 Å². The number of esters is 1. The fourth-order valence-electron chi connectivity index (χ4n) is 1.12. The van der Waals surface area contributed by atoms with E-state index in [2.05, 4.69) is 0 Å². The highest BCUT2D eigenvalue weighted by molar-refractivity contribution is 6.02. The summed E-state index contributed by atoms with van der Waals surface area (Å²) in [6.07, 6.45) is 4.01. The highest BCUT2D eigenvalue weighted by atomic mass is 16.5. The minimum absolute atomic E-state index is 0.295. The standard InChI is InChI=1S/C10H12O4/c1-7-6-9(12)3-2-8(11)4-5-10(13)14-7/h2-5,7,9,12H,6H2,1H3/b3-2+,5-4-/t7-,9-/m1/s1. The first kappa shape index (κ1) is 10.7. The van der Waals surface area contributed by atoms with E-state index in [4.69, 9.17) is 4.74 Å². The Morgan fingerprint density at radius 3 is 2.79 bits per heavy atom. The summed E-state index contributed by atoms with van der Waals surface area (Å²) in [5.41, 5.74) is 0. The summed E-state index contributed by atoms with van der Waals surface area (Å²) in [6, 6.07) is 0. The average Bonchev–Trinajstić information content (AvgIpc) is 2.10. The van der Waals surface area contributed by atoms with E-state index >= 15 is 0 Å². The van der Waals surface area contributed by atoms with Gasteiger partial charge in [-0.25, -0.2) is 4.79 Å². The molecular weight excluding hydrogens is 184 g/mol. The van der Waals surface area contributed by atoms with E-state index in [1.54, 1.807) is 6.92 Å². The second-order valence-electron chi connectivity index (χ2n) is 3.15. The monoisotopic (exact) mass is 196 g/mol. The molecule has 0 radical (unpaired) electrons. The van der Waals surface area contributed by atoms with Crippen LogP contribution in [0.25, 0.3) is 0 Å². The largest absolute Gasteiger partial charge is 0.459 e. The van der Waals surface area contributed by atoms with Crippen LogP contribution in [-0.2, 0) is 14.3 Å². The maximum atomic E-state index is 11.0. The molecule has 4 heteroatoms. The van der Waals surface area contributed by atoms with E-state index in [9.17, 15) is 14.7 Å². The average molecular weight is 196 g/mol. The van der Waals surface area contributed by atoms with Crippen LogP contribution >= 0.6 is 0 Å². The number of rotatable bonds is 0. The van der Waals surface area contributed by atoms with Crippen molar-refractivity contribution in [2.24, 2.45) is 0 Å². The quantitative estimate of drug-likeness (QED) is 0.568. The minimum Gasteiger partial charge on any atom is -0.459 e. The van der Waals surface area contributed by atoms with Gasteiger partial charge in [0.1, 0.15) is 6.10 Å². The van der Waals surface area contributed by atoms with Crippen LogP contribution in [0.15, 0.2) is 24.3 Å². The number of ether oxygens (including phenoxy) is 1. The van der Waals surface area contributed by atoms with E-state index in [1.165, 1.54) is 12.2 Å². The predicted octanol–water partition coefficient (Wildman–Crippen LogP) is 0.364. The highest BCUT2D eigenvalue weighted by Gasteiger charge is 2.12. The Morgan fingerprint density at radius 2 is 2.07 bits per heavy atom. The molecule has 0 aromatic heterocycles. The SMILES string of the molecule is C[C@@H]1C[C@H](O)/C=C/C(=O)/C=C\C(=O)O1. The van der Waals surface area contributed by atoms with Gasteiger partial charge < -0.3 is 9.84 Å². The fourth-order valence-corrected chi connectivity index (χ4v) is 1.12. The molecule has 0 spiro atoms. The van der Waals surface area contributed by atoms with Crippen LogP contribution in [0.2, 0.25) is 0 Å². The van der Waals surface area contributed by atoms with Gasteiger partial charge in [-0.3, -0.25) is 4.79 Å². The Hall–Kier alpha value is -1.42. The second-order valence-corrected chi connectivity index (χ2v) is 3.15. The van der Waals surface area contributed by atoms with Crippen LogP contribution in [0.3, 0.4) is 0 Å². The lowest BCUT2D eigenvalue weighted by Crippen LogP contribution is -2.20. The van der Waals surface area contributed by atoms with Crippen molar-refractivity contribution in [1.29, 1.82) is 0 Å². The predicted molar refractivity (Wildman–Crippen MR) is 49.5 cm³/mol. The molecule has 1 N–H and O–H groups in total. The number of aliphatic hydroxyl groups excluding tert-OH is 1. The molecule has 0 amide bonds. The molecule has 0 unspecified atom stereocenters. The Bertz CT molecular complexity index is 290. The molecule has 1 rings (SSSR count). The fraction of sp³-hybridized carbons (Fsp3) is 0.400. The maximum Gasteiger partial charge on any atom is 0.331 e. The molecule has 0 saturated carbocycles. The number of carbonyl (C=O) groups excluding carboxylic acids is 2. The van der Waals surface area contributed by atoms with Crippen molar-refractivity contribution < 1.29 is 19.4 Å². The van der Waals surface area contributed by atoms with E-state index in [0.717, 1.165) is 12.2 Å². The van der Waals surface area contributed by atoms with Gasteiger partial charge in [0.2, 0.25) is 0 Å². The molecule has 1 aliphatic rings. The van der Waals surface area contributed by atoms with Crippen molar-refractivity contribution in [3.63, 3.8) is 0 Å². The zero-order chi connectivity index (χ0) is 10.6. The third-order valence-electron chi connectivity index (χ3n) is 1.76. The van der Waals surface area contributed by atoms with Crippen molar-refractivity contribution in [2.75, 3.05) is 0 Å². The number of carbonyl (C=O) groups is 2.